The van der Waals surface area contributed by atoms with E-state index in [1.54, 1.807) is 0 Å². The van der Waals surface area contributed by atoms with E-state index in [-0.39, 0.29) is 19.2 Å². The third-order valence-electron chi connectivity index (χ3n) is 4.29. The fourth-order valence-corrected chi connectivity index (χ4v) is 2.65. The molecule has 25 heavy (non-hydrogen) atoms. The quantitative estimate of drug-likeness (QED) is 0.208. The molecule has 0 aliphatic carbocycles. The molecular formula is C21H40O4. The Bertz CT molecular complexity index is 315. The number of rotatable bonds is 18. The van der Waals surface area contributed by atoms with Crippen LogP contribution in [-0.2, 0) is 9.53 Å². The van der Waals surface area contributed by atoms with Crippen LogP contribution in [0.3, 0.4) is 0 Å². The Labute approximate surface area is 154 Å². The lowest BCUT2D eigenvalue weighted by Gasteiger charge is -2.07. The number of hydrogen-bond donors (Lipinski definition) is 2. The second-order valence-corrected chi connectivity index (χ2v) is 6.85. The number of carbonyl (C=O) groups is 1. The van der Waals surface area contributed by atoms with E-state index in [1.807, 2.05) is 0 Å². The summed E-state index contributed by atoms with van der Waals surface area (Å²) >= 11 is 0. The number of esters is 1. The zero-order chi connectivity index (χ0) is 18.6. The molecule has 0 aliphatic rings. The Balaban J connectivity index is 3.24. The van der Waals surface area contributed by atoms with Gasteiger partial charge in [-0.3, -0.25) is 4.79 Å². The highest BCUT2D eigenvalue weighted by Gasteiger charge is 2.06. The molecule has 0 spiro atoms. The molecule has 0 unspecified atom stereocenters. The van der Waals surface area contributed by atoms with Gasteiger partial charge in [-0.2, -0.15) is 0 Å². The van der Waals surface area contributed by atoms with E-state index in [4.69, 9.17) is 14.9 Å². The van der Waals surface area contributed by atoms with Crippen molar-refractivity contribution in [2.24, 2.45) is 0 Å². The molecule has 1 atom stereocenters. The molecule has 0 heterocycles. The average molecular weight is 357 g/mol. The van der Waals surface area contributed by atoms with E-state index in [0.717, 1.165) is 25.7 Å². The van der Waals surface area contributed by atoms with Crippen molar-refractivity contribution in [1.29, 1.82) is 0 Å². The smallest absolute Gasteiger partial charge is 0.305 e. The van der Waals surface area contributed by atoms with Gasteiger partial charge in [0.25, 0.3) is 0 Å². The van der Waals surface area contributed by atoms with Gasteiger partial charge in [-0.25, -0.2) is 0 Å². The average Bonchev–Trinajstić information content (AvgIpc) is 2.62. The zero-order valence-corrected chi connectivity index (χ0v) is 16.3. The van der Waals surface area contributed by atoms with Crippen molar-refractivity contribution in [2.75, 3.05) is 13.2 Å². The Morgan fingerprint density at radius 1 is 0.880 bits per heavy atom. The lowest BCUT2D eigenvalue weighted by Crippen LogP contribution is -2.21. The molecule has 0 aromatic rings. The summed E-state index contributed by atoms with van der Waals surface area (Å²) < 4.78 is 4.85. The van der Waals surface area contributed by atoms with Gasteiger partial charge < -0.3 is 14.9 Å². The molecule has 0 aromatic carbocycles. The van der Waals surface area contributed by atoms with Gasteiger partial charge in [-0.15, -0.1) is 0 Å². The summed E-state index contributed by atoms with van der Waals surface area (Å²) in [6, 6.07) is 0. The number of aliphatic hydroxyl groups excluding tert-OH is 2. The van der Waals surface area contributed by atoms with E-state index in [1.165, 1.54) is 57.8 Å². The first-order chi connectivity index (χ1) is 12.2. The topological polar surface area (TPSA) is 66.8 Å². The normalized spacial score (nSPS) is 12.6. The third kappa shape index (κ3) is 19.3. The van der Waals surface area contributed by atoms with Gasteiger partial charge in [0.15, 0.2) is 0 Å². The minimum atomic E-state index is -0.965. The summed E-state index contributed by atoms with van der Waals surface area (Å²) in [7, 11) is 0. The maximum absolute atomic E-state index is 11.4. The van der Waals surface area contributed by atoms with E-state index in [2.05, 4.69) is 19.1 Å². The number of allylic oxidation sites excluding steroid dienone is 2. The molecule has 0 fully saturated rings. The van der Waals surface area contributed by atoms with Crippen molar-refractivity contribution >= 4 is 5.97 Å². The van der Waals surface area contributed by atoms with Crippen LogP contribution in [-0.4, -0.2) is 35.5 Å². The first-order valence-corrected chi connectivity index (χ1v) is 10.3. The fourth-order valence-electron chi connectivity index (χ4n) is 2.65. The van der Waals surface area contributed by atoms with Crippen LogP contribution in [0.2, 0.25) is 0 Å². The second kappa shape index (κ2) is 19.5. The van der Waals surface area contributed by atoms with Crippen LogP contribution in [0, 0.1) is 0 Å². The molecule has 0 saturated carbocycles. The Kier molecular flexibility index (Phi) is 18.8. The highest BCUT2D eigenvalue weighted by Crippen LogP contribution is 2.11. The van der Waals surface area contributed by atoms with Gasteiger partial charge >= 0.3 is 5.97 Å². The lowest BCUT2D eigenvalue weighted by atomic mass is 10.1. The van der Waals surface area contributed by atoms with Crippen molar-refractivity contribution < 1.29 is 19.7 Å². The van der Waals surface area contributed by atoms with Gasteiger partial charge in [-0.1, -0.05) is 70.4 Å². The number of unbranched alkanes of at least 4 members (excludes halogenated alkanes) is 11. The van der Waals surface area contributed by atoms with Crippen LogP contribution in [0.1, 0.15) is 96.8 Å². The first kappa shape index (κ1) is 24.1. The summed E-state index contributed by atoms with van der Waals surface area (Å²) in [5.41, 5.74) is 0. The van der Waals surface area contributed by atoms with Crippen LogP contribution in [0.15, 0.2) is 12.2 Å². The molecule has 0 aliphatic heterocycles. The van der Waals surface area contributed by atoms with Crippen molar-refractivity contribution in [3.8, 4) is 0 Å². The highest BCUT2D eigenvalue weighted by atomic mass is 16.5. The maximum atomic E-state index is 11.4. The van der Waals surface area contributed by atoms with E-state index in [0.29, 0.717) is 6.42 Å². The minimum Gasteiger partial charge on any atom is -0.463 e. The largest absolute Gasteiger partial charge is 0.463 e. The van der Waals surface area contributed by atoms with E-state index < -0.39 is 6.10 Å². The molecule has 4 heteroatoms. The Hall–Kier alpha value is -0.870. The van der Waals surface area contributed by atoms with Gasteiger partial charge in [0.05, 0.1) is 6.61 Å². The molecule has 0 aromatic heterocycles. The summed E-state index contributed by atoms with van der Waals surface area (Å²) in [6.45, 7) is 1.76. The van der Waals surface area contributed by atoms with Gasteiger partial charge in [-0.05, 0) is 32.1 Å². The summed E-state index contributed by atoms with van der Waals surface area (Å²) in [4.78, 5) is 11.4. The molecular weight excluding hydrogens is 316 g/mol. The number of hydrogen-bond acceptors (Lipinski definition) is 4. The second-order valence-electron chi connectivity index (χ2n) is 6.85. The zero-order valence-electron chi connectivity index (χ0n) is 16.3. The molecule has 0 bridgehead atoms. The molecule has 4 nitrogen and oxygen atoms in total. The SMILES string of the molecule is CCCCCCCCCCC/C=C\CCCCC(=O)OC[C@@H](O)CO. The van der Waals surface area contributed by atoms with Crippen molar-refractivity contribution in [3.05, 3.63) is 12.2 Å². The van der Waals surface area contributed by atoms with Gasteiger partial charge in [0.2, 0.25) is 0 Å². The molecule has 0 amide bonds. The highest BCUT2D eigenvalue weighted by molar-refractivity contribution is 5.69. The molecule has 0 radical (unpaired) electrons. The Morgan fingerprint density at radius 3 is 1.96 bits per heavy atom. The van der Waals surface area contributed by atoms with Crippen LogP contribution in [0.25, 0.3) is 0 Å². The van der Waals surface area contributed by atoms with Crippen LogP contribution in [0.4, 0.5) is 0 Å². The Morgan fingerprint density at radius 2 is 1.40 bits per heavy atom. The predicted molar refractivity (Wildman–Crippen MR) is 104 cm³/mol. The third-order valence-corrected chi connectivity index (χ3v) is 4.29. The summed E-state index contributed by atoms with van der Waals surface area (Å²) in [6.07, 6.45) is 20.1. The first-order valence-electron chi connectivity index (χ1n) is 10.3. The number of aliphatic hydroxyl groups is 2. The fraction of sp³-hybridized carbons (Fsp3) is 0.857. The predicted octanol–water partition coefficient (Wildman–Crippen LogP) is 4.92. The molecule has 0 saturated heterocycles. The molecule has 0 rings (SSSR count). The van der Waals surface area contributed by atoms with E-state index >= 15 is 0 Å². The maximum Gasteiger partial charge on any atom is 0.305 e. The van der Waals surface area contributed by atoms with Gasteiger partial charge in [0.1, 0.15) is 12.7 Å². The lowest BCUT2D eigenvalue weighted by molar-refractivity contribution is -0.147. The van der Waals surface area contributed by atoms with Crippen LogP contribution in [0.5, 0.6) is 0 Å². The van der Waals surface area contributed by atoms with Crippen molar-refractivity contribution in [1.82, 2.24) is 0 Å². The van der Waals surface area contributed by atoms with Crippen LogP contribution >= 0.6 is 0 Å². The molecule has 148 valence electrons. The van der Waals surface area contributed by atoms with Gasteiger partial charge in [0, 0.05) is 6.42 Å². The summed E-state index contributed by atoms with van der Waals surface area (Å²) in [5.74, 6) is -0.300. The monoisotopic (exact) mass is 356 g/mol. The van der Waals surface area contributed by atoms with E-state index in [9.17, 15) is 4.79 Å². The number of carbonyl (C=O) groups excluding carboxylic acids is 1. The molecule has 2 N–H and O–H groups in total. The van der Waals surface area contributed by atoms with Crippen molar-refractivity contribution in [2.45, 2.75) is 103 Å². The number of ether oxygens (including phenoxy) is 1. The van der Waals surface area contributed by atoms with Crippen molar-refractivity contribution in [3.63, 3.8) is 0 Å². The van der Waals surface area contributed by atoms with Crippen LogP contribution < -0.4 is 0 Å². The summed E-state index contributed by atoms with van der Waals surface area (Å²) in [5, 5.41) is 17.7. The standard InChI is InChI=1S/C21H40O4/c1-2-3-4-5-6-7-8-9-10-11-12-13-14-15-16-17-21(24)25-19-20(23)18-22/h12-13,20,22-23H,2-11,14-19H2,1H3/b13-12-/t20-/m0/s1. The minimum absolute atomic E-state index is 0.117.